The molecule has 50 heavy (non-hydrogen) atoms. The van der Waals surface area contributed by atoms with E-state index in [1.165, 1.54) is 16.2 Å². The molecule has 0 spiro atoms. The van der Waals surface area contributed by atoms with Crippen molar-refractivity contribution in [3.8, 4) is 5.75 Å². The van der Waals surface area contributed by atoms with Crippen molar-refractivity contribution in [2.75, 3.05) is 20.2 Å². The molecule has 1 aromatic heterocycles. The monoisotopic (exact) mass is 704 g/mol. The number of methoxy groups -OCH3 is 1. The molecular weight excluding hydrogens is 657 g/mol. The number of carbonyl (C=O) groups excluding carboxylic acids is 5. The predicted octanol–water partition coefficient (Wildman–Crippen LogP) is 3.10. The Kier molecular flexibility index (Phi) is 13.5. The number of benzene rings is 2. The zero-order chi connectivity index (χ0) is 36.4. The Morgan fingerprint density at radius 2 is 1.56 bits per heavy atom. The van der Waals surface area contributed by atoms with Crippen molar-refractivity contribution in [3.05, 3.63) is 81.8 Å². The summed E-state index contributed by atoms with van der Waals surface area (Å²) in [7, 11) is 1.55. The van der Waals surface area contributed by atoms with Gasteiger partial charge in [-0.25, -0.2) is 4.98 Å². The van der Waals surface area contributed by atoms with Gasteiger partial charge in [-0.15, -0.1) is 11.3 Å². The molecule has 0 aliphatic carbocycles. The Morgan fingerprint density at radius 3 is 2.20 bits per heavy atom. The third-order valence-corrected chi connectivity index (χ3v) is 9.33. The Hall–Kier alpha value is -4.78. The van der Waals surface area contributed by atoms with Gasteiger partial charge in [0.1, 0.15) is 29.6 Å². The fourth-order valence-corrected chi connectivity index (χ4v) is 6.39. The van der Waals surface area contributed by atoms with E-state index < -0.39 is 53.7 Å². The van der Waals surface area contributed by atoms with Gasteiger partial charge in [-0.05, 0) is 48.4 Å². The van der Waals surface area contributed by atoms with Crippen LogP contribution in [0.15, 0.2) is 60.0 Å². The molecule has 1 fully saturated rings. The summed E-state index contributed by atoms with van der Waals surface area (Å²) in [6.07, 6.45) is 0.983. The molecule has 0 unspecified atom stereocenters. The van der Waals surface area contributed by atoms with E-state index in [9.17, 15) is 24.0 Å². The maximum absolute atomic E-state index is 14.0. The second-order valence-electron chi connectivity index (χ2n) is 13.4. The lowest BCUT2D eigenvalue weighted by Gasteiger charge is -2.31. The molecule has 3 aromatic rings. The SMILES string of the molecule is COc1ccc(C[C@@H]2NC(=O)[C@H](CC(C)C)NC(=O)CN(C(=O)c3csc(Cc4ccccc4)n3)C[C@H](C(C)C)NC(=O)[C@@H](C)NC2=O)cc1. The molecule has 4 atom stereocenters. The first kappa shape index (κ1) is 38.0. The molecule has 2 aromatic carbocycles. The molecule has 1 saturated heterocycles. The molecule has 0 saturated carbocycles. The molecule has 1 aliphatic heterocycles. The minimum atomic E-state index is -1.04. The number of nitrogens with one attached hydrogen (secondary N) is 4. The van der Waals surface area contributed by atoms with Gasteiger partial charge in [0, 0.05) is 30.8 Å². The van der Waals surface area contributed by atoms with E-state index in [-0.39, 0.29) is 37.0 Å². The number of hydrogen-bond acceptors (Lipinski definition) is 8. The van der Waals surface area contributed by atoms with Crippen LogP contribution >= 0.6 is 11.3 Å². The lowest BCUT2D eigenvalue weighted by atomic mass is 10.0. The first-order chi connectivity index (χ1) is 23.8. The molecule has 13 heteroatoms. The van der Waals surface area contributed by atoms with Crippen LogP contribution in [0.4, 0.5) is 0 Å². The van der Waals surface area contributed by atoms with Crippen molar-refractivity contribution in [1.29, 1.82) is 0 Å². The molecule has 1 aliphatic rings. The third kappa shape index (κ3) is 10.9. The van der Waals surface area contributed by atoms with E-state index in [0.29, 0.717) is 18.6 Å². The second kappa shape index (κ2) is 17.7. The molecule has 0 radical (unpaired) electrons. The lowest BCUT2D eigenvalue weighted by Crippen LogP contribution is -2.57. The maximum Gasteiger partial charge on any atom is 0.273 e. The van der Waals surface area contributed by atoms with Gasteiger partial charge >= 0.3 is 0 Å². The van der Waals surface area contributed by atoms with Crippen molar-refractivity contribution < 1.29 is 28.7 Å². The molecule has 4 N–H and O–H groups in total. The fraction of sp³-hybridized carbons (Fsp3) is 0.459. The van der Waals surface area contributed by atoms with E-state index in [1.807, 2.05) is 58.0 Å². The van der Waals surface area contributed by atoms with E-state index in [4.69, 9.17) is 4.74 Å². The number of rotatable bonds is 9. The van der Waals surface area contributed by atoms with Gasteiger partial charge in [-0.2, -0.15) is 0 Å². The first-order valence-electron chi connectivity index (χ1n) is 16.9. The summed E-state index contributed by atoms with van der Waals surface area (Å²) < 4.78 is 5.24. The highest BCUT2D eigenvalue weighted by Gasteiger charge is 2.33. The van der Waals surface area contributed by atoms with Crippen LogP contribution < -0.4 is 26.0 Å². The van der Waals surface area contributed by atoms with Crippen LogP contribution in [0.25, 0.3) is 0 Å². The van der Waals surface area contributed by atoms with Gasteiger partial charge in [0.15, 0.2) is 0 Å². The summed E-state index contributed by atoms with van der Waals surface area (Å²) in [5, 5.41) is 13.8. The van der Waals surface area contributed by atoms with E-state index in [2.05, 4.69) is 26.3 Å². The van der Waals surface area contributed by atoms with Gasteiger partial charge < -0.3 is 30.9 Å². The number of thiazole rings is 1. The smallest absolute Gasteiger partial charge is 0.273 e. The largest absolute Gasteiger partial charge is 0.497 e. The van der Waals surface area contributed by atoms with Gasteiger partial charge in [0.2, 0.25) is 23.6 Å². The zero-order valence-electron chi connectivity index (χ0n) is 29.5. The summed E-state index contributed by atoms with van der Waals surface area (Å²) >= 11 is 1.36. The number of hydrogen-bond donors (Lipinski definition) is 4. The molecule has 4 rings (SSSR count). The lowest BCUT2D eigenvalue weighted by molar-refractivity contribution is -0.133. The van der Waals surface area contributed by atoms with Crippen molar-refractivity contribution in [2.24, 2.45) is 11.8 Å². The zero-order valence-corrected chi connectivity index (χ0v) is 30.3. The highest BCUT2D eigenvalue weighted by Crippen LogP contribution is 2.18. The van der Waals surface area contributed by atoms with E-state index in [0.717, 1.165) is 16.1 Å². The number of carbonyl (C=O) groups is 5. The normalized spacial score (nSPS) is 21.1. The van der Waals surface area contributed by atoms with Crippen LogP contribution in [-0.2, 0) is 32.0 Å². The third-order valence-electron chi connectivity index (χ3n) is 8.48. The highest BCUT2D eigenvalue weighted by atomic mass is 32.1. The van der Waals surface area contributed by atoms with Crippen LogP contribution in [0.5, 0.6) is 5.75 Å². The van der Waals surface area contributed by atoms with Gasteiger partial charge in [0.25, 0.3) is 5.91 Å². The average molecular weight is 705 g/mol. The summed E-state index contributed by atoms with van der Waals surface area (Å²) in [6.45, 7) is 8.85. The second-order valence-corrected chi connectivity index (χ2v) is 14.4. The predicted molar refractivity (Wildman–Crippen MR) is 192 cm³/mol. The van der Waals surface area contributed by atoms with Gasteiger partial charge in [-0.1, -0.05) is 70.2 Å². The van der Waals surface area contributed by atoms with Gasteiger partial charge in [-0.3, -0.25) is 24.0 Å². The van der Waals surface area contributed by atoms with Crippen LogP contribution in [-0.4, -0.2) is 83.8 Å². The Labute approximate surface area is 297 Å². The fourth-order valence-electron chi connectivity index (χ4n) is 5.59. The summed E-state index contributed by atoms with van der Waals surface area (Å²) in [6, 6.07) is 13.3. The van der Waals surface area contributed by atoms with Crippen LogP contribution in [0.1, 0.15) is 67.7 Å². The van der Waals surface area contributed by atoms with Crippen molar-refractivity contribution in [3.63, 3.8) is 0 Å². The summed E-state index contributed by atoms with van der Waals surface area (Å²) in [5.74, 6) is -2.05. The topological polar surface area (TPSA) is 159 Å². The standard InChI is InChI=1S/C37H48N6O6S/c1-22(2)16-28-36(47)41-29(17-26-12-14-27(49-6)15-13-26)35(46)38-24(5)34(45)42-30(23(3)4)19-43(20-32(44)39-28)37(48)31-21-50-33(40-31)18-25-10-8-7-9-11-25/h7-15,21-24,28-30H,16-20H2,1-6H3,(H,38,46)(H,39,44)(H,41,47)(H,42,45)/t24-,28+,29+,30-/m1/s1. The summed E-state index contributed by atoms with van der Waals surface area (Å²) in [5.41, 5.74) is 2.01. The number of ether oxygens (including phenoxy) is 1. The maximum atomic E-state index is 14.0. The Bertz CT molecular complexity index is 1630. The molecule has 12 nitrogen and oxygen atoms in total. The van der Waals surface area contributed by atoms with Crippen molar-refractivity contribution in [2.45, 2.75) is 78.0 Å². The Balaban J connectivity index is 1.64. The van der Waals surface area contributed by atoms with E-state index >= 15 is 0 Å². The van der Waals surface area contributed by atoms with Crippen LogP contribution in [0.3, 0.4) is 0 Å². The molecule has 268 valence electrons. The number of nitrogens with zero attached hydrogens (tertiary/aromatic N) is 2. The number of aromatic nitrogens is 1. The molecule has 0 bridgehead atoms. The average Bonchev–Trinajstić information content (AvgIpc) is 3.54. The minimum Gasteiger partial charge on any atom is -0.497 e. The highest BCUT2D eigenvalue weighted by molar-refractivity contribution is 7.09. The Morgan fingerprint density at radius 1 is 0.880 bits per heavy atom. The van der Waals surface area contributed by atoms with Gasteiger partial charge in [0.05, 0.1) is 18.7 Å². The number of amides is 5. The molecule has 5 amide bonds. The quantitative estimate of drug-likeness (QED) is 0.267. The summed E-state index contributed by atoms with van der Waals surface area (Å²) in [4.78, 5) is 74.4. The molecular formula is C37H48N6O6S. The van der Waals surface area contributed by atoms with E-state index in [1.54, 1.807) is 43.7 Å². The molecule has 2 heterocycles. The van der Waals surface area contributed by atoms with Crippen LogP contribution in [0.2, 0.25) is 0 Å². The van der Waals surface area contributed by atoms with Crippen molar-refractivity contribution in [1.82, 2.24) is 31.2 Å². The van der Waals surface area contributed by atoms with Crippen LogP contribution in [0, 0.1) is 11.8 Å². The first-order valence-corrected chi connectivity index (χ1v) is 17.8. The minimum absolute atomic E-state index is 0.00299. The van der Waals surface area contributed by atoms with Crippen molar-refractivity contribution >= 4 is 40.9 Å².